The lowest BCUT2D eigenvalue weighted by molar-refractivity contribution is 0.0894. The predicted molar refractivity (Wildman–Crippen MR) is 59.6 cm³/mol. The van der Waals surface area contributed by atoms with E-state index in [0.29, 0.717) is 6.42 Å². The molecule has 0 atom stereocenters. The molecule has 0 unspecified atom stereocenters. The third-order valence-corrected chi connectivity index (χ3v) is 2.38. The summed E-state index contributed by atoms with van der Waals surface area (Å²) in [5.41, 5.74) is -1.01. The molecule has 0 bridgehead atoms. The zero-order valence-electron chi connectivity index (χ0n) is 9.76. The molecule has 17 heavy (non-hydrogen) atoms. The van der Waals surface area contributed by atoms with Gasteiger partial charge in [-0.05, 0) is 32.4 Å². The molecule has 0 fully saturated rings. The number of hydrogen-bond donors (Lipinski definition) is 2. The molecule has 0 radical (unpaired) electrons. The highest BCUT2D eigenvalue weighted by molar-refractivity contribution is 5.94. The largest absolute Gasteiger partial charge is 0.396 e. The number of aliphatic hydroxyl groups is 1. The Kier molecular flexibility index (Phi) is 4.17. The average molecular weight is 243 g/mol. The quantitative estimate of drug-likeness (QED) is 0.848. The second-order valence-corrected chi connectivity index (χ2v) is 4.41. The van der Waals surface area contributed by atoms with Crippen LogP contribution < -0.4 is 5.32 Å². The fourth-order valence-electron chi connectivity index (χ4n) is 1.40. The number of carbonyl (C=O) groups is 1. The van der Waals surface area contributed by atoms with Crippen LogP contribution in [0.2, 0.25) is 0 Å². The van der Waals surface area contributed by atoms with Crippen molar-refractivity contribution < 1.29 is 18.7 Å². The highest BCUT2D eigenvalue weighted by atomic mass is 19.2. The van der Waals surface area contributed by atoms with Crippen molar-refractivity contribution in [2.75, 3.05) is 6.61 Å². The van der Waals surface area contributed by atoms with Crippen molar-refractivity contribution in [3.8, 4) is 0 Å². The fourth-order valence-corrected chi connectivity index (χ4v) is 1.40. The Morgan fingerprint density at radius 2 is 2.06 bits per heavy atom. The van der Waals surface area contributed by atoms with Crippen molar-refractivity contribution in [3.63, 3.8) is 0 Å². The van der Waals surface area contributed by atoms with Crippen molar-refractivity contribution in [1.29, 1.82) is 0 Å². The van der Waals surface area contributed by atoms with E-state index in [0.717, 1.165) is 6.07 Å². The van der Waals surface area contributed by atoms with Gasteiger partial charge in [0.05, 0.1) is 5.56 Å². The van der Waals surface area contributed by atoms with Crippen LogP contribution in [0.3, 0.4) is 0 Å². The van der Waals surface area contributed by atoms with E-state index < -0.39 is 23.1 Å². The molecule has 1 aromatic carbocycles. The standard InChI is InChI=1S/C12H15F2NO2/c1-12(2,6-7-16)15-11(17)8-4-3-5-9(13)10(8)14/h3-5,16H,6-7H2,1-2H3,(H,15,17). The molecule has 1 amide bonds. The zero-order valence-corrected chi connectivity index (χ0v) is 9.76. The summed E-state index contributed by atoms with van der Waals surface area (Å²) in [6.07, 6.45) is 0.329. The Bertz CT molecular complexity index is 419. The maximum Gasteiger partial charge on any atom is 0.254 e. The van der Waals surface area contributed by atoms with Crippen molar-refractivity contribution in [2.24, 2.45) is 0 Å². The maximum absolute atomic E-state index is 13.3. The Hall–Kier alpha value is -1.49. The summed E-state index contributed by atoms with van der Waals surface area (Å²) in [5, 5.41) is 11.3. The van der Waals surface area contributed by atoms with Crippen molar-refractivity contribution in [1.82, 2.24) is 5.32 Å². The van der Waals surface area contributed by atoms with Gasteiger partial charge in [-0.3, -0.25) is 4.79 Å². The molecule has 0 aliphatic carbocycles. The zero-order chi connectivity index (χ0) is 13.1. The number of amides is 1. The van der Waals surface area contributed by atoms with Crippen LogP contribution in [0.4, 0.5) is 8.78 Å². The van der Waals surface area contributed by atoms with E-state index in [1.165, 1.54) is 12.1 Å². The maximum atomic E-state index is 13.3. The summed E-state index contributed by atoms with van der Waals surface area (Å²) in [6, 6.07) is 3.43. The molecule has 0 aliphatic heterocycles. The van der Waals surface area contributed by atoms with Crippen molar-refractivity contribution in [3.05, 3.63) is 35.4 Å². The molecule has 0 aliphatic rings. The lowest BCUT2D eigenvalue weighted by Gasteiger charge is -2.25. The minimum Gasteiger partial charge on any atom is -0.396 e. The van der Waals surface area contributed by atoms with Gasteiger partial charge in [-0.1, -0.05) is 6.07 Å². The molecule has 2 N–H and O–H groups in total. The number of nitrogens with one attached hydrogen (secondary N) is 1. The van der Waals surface area contributed by atoms with Gasteiger partial charge in [0.1, 0.15) is 0 Å². The van der Waals surface area contributed by atoms with Gasteiger partial charge in [-0.25, -0.2) is 8.78 Å². The predicted octanol–water partition coefficient (Wildman–Crippen LogP) is 1.86. The number of benzene rings is 1. The van der Waals surface area contributed by atoms with Gasteiger partial charge < -0.3 is 10.4 Å². The molecule has 3 nitrogen and oxygen atoms in total. The third-order valence-electron chi connectivity index (χ3n) is 2.38. The molecule has 0 spiro atoms. The second kappa shape index (κ2) is 5.23. The van der Waals surface area contributed by atoms with Gasteiger partial charge >= 0.3 is 0 Å². The molecule has 0 saturated carbocycles. The summed E-state index contributed by atoms with van der Waals surface area (Å²) in [4.78, 5) is 11.7. The van der Waals surface area contributed by atoms with Crippen LogP contribution in [0.25, 0.3) is 0 Å². The van der Waals surface area contributed by atoms with Gasteiger partial charge in [0.2, 0.25) is 0 Å². The second-order valence-electron chi connectivity index (χ2n) is 4.41. The van der Waals surface area contributed by atoms with Crippen LogP contribution in [0.15, 0.2) is 18.2 Å². The molecule has 5 heteroatoms. The number of rotatable bonds is 4. The van der Waals surface area contributed by atoms with E-state index in [1.807, 2.05) is 0 Å². The van der Waals surface area contributed by atoms with Gasteiger partial charge in [-0.2, -0.15) is 0 Å². The highest BCUT2D eigenvalue weighted by Gasteiger charge is 2.23. The normalized spacial score (nSPS) is 11.4. The Morgan fingerprint density at radius 1 is 1.41 bits per heavy atom. The molecule has 0 heterocycles. The lowest BCUT2D eigenvalue weighted by Crippen LogP contribution is -2.44. The first-order valence-electron chi connectivity index (χ1n) is 5.25. The molecule has 0 saturated heterocycles. The van der Waals surface area contributed by atoms with Gasteiger partial charge in [0.25, 0.3) is 5.91 Å². The van der Waals surface area contributed by atoms with E-state index in [2.05, 4.69) is 5.32 Å². The van der Waals surface area contributed by atoms with Crippen molar-refractivity contribution in [2.45, 2.75) is 25.8 Å². The first-order chi connectivity index (χ1) is 7.87. The summed E-state index contributed by atoms with van der Waals surface area (Å²) in [6.45, 7) is 3.29. The van der Waals surface area contributed by atoms with E-state index in [9.17, 15) is 13.6 Å². The molecule has 1 aromatic rings. The molecule has 0 aromatic heterocycles. The van der Waals surface area contributed by atoms with Crippen LogP contribution in [0.5, 0.6) is 0 Å². The van der Waals surface area contributed by atoms with Gasteiger partial charge in [-0.15, -0.1) is 0 Å². The van der Waals surface area contributed by atoms with Crippen molar-refractivity contribution >= 4 is 5.91 Å². The first-order valence-corrected chi connectivity index (χ1v) is 5.25. The molecule has 94 valence electrons. The lowest BCUT2D eigenvalue weighted by atomic mass is 10.0. The average Bonchev–Trinajstić information content (AvgIpc) is 2.21. The number of halogens is 2. The summed E-state index contributed by atoms with van der Waals surface area (Å²) in [7, 11) is 0. The number of hydrogen-bond acceptors (Lipinski definition) is 2. The smallest absolute Gasteiger partial charge is 0.254 e. The molecule has 1 rings (SSSR count). The van der Waals surface area contributed by atoms with E-state index in [1.54, 1.807) is 13.8 Å². The minimum absolute atomic E-state index is 0.0983. The van der Waals surface area contributed by atoms with Crippen LogP contribution in [0, 0.1) is 11.6 Å². The van der Waals surface area contributed by atoms with E-state index >= 15 is 0 Å². The third kappa shape index (κ3) is 3.49. The Morgan fingerprint density at radius 3 is 2.65 bits per heavy atom. The summed E-state index contributed by atoms with van der Waals surface area (Å²) in [5.74, 6) is -2.91. The van der Waals surface area contributed by atoms with E-state index in [-0.39, 0.29) is 12.2 Å². The number of aliphatic hydroxyl groups excluding tert-OH is 1. The Balaban J connectivity index is 2.87. The van der Waals surface area contributed by atoms with Crippen LogP contribution in [-0.2, 0) is 0 Å². The topological polar surface area (TPSA) is 49.3 Å². The summed E-state index contributed by atoms with van der Waals surface area (Å²) < 4.78 is 26.3. The van der Waals surface area contributed by atoms with Crippen LogP contribution in [0.1, 0.15) is 30.6 Å². The highest BCUT2D eigenvalue weighted by Crippen LogP contribution is 2.14. The minimum atomic E-state index is -1.16. The molecular weight excluding hydrogens is 228 g/mol. The monoisotopic (exact) mass is 243 g/mol. The fraction of sp³-hybridized carbons (Fsp3) is 0.417. The number of carbonyl (C=O) groups excluding carboxylic acids is 1. The molecular formula is C12H15F2NO2. The van der Waals surface area contributed by atoms with Gasteiger partial charge in [0.15, 0.2) is 11.6 Å². The van der Waals surface area contributed by atoms with E-state index in [4.69, 9.17) is 5.11 Å². The van der Waals surface area contributed by atoms with Crippen LogP contribution in [-0.4, -0.2) is 23.2 Å². The Labute approximate surface area is 98.5 Å². The SMILES string of the molecule is CC(C)(CCO)NC(=O)c1cccc(F)c1F. The first kappa shape index (κ1) is 13.6. The van der Waals surface area contributed by atoms with Crippen LogP contribution >= 0.6 is 0 Å². The van der Waals surface area contributed by atoms with Gasteiger partial charge in [0, 0.05) is 12.1 Å². The summed E-state index contributed by atoms with van der Waals surface area (Å²) >= 11 is 0.